The first-order chi connectivity index (χ1) is 13.8. The minimum Gasteiger partial charge on any atom is -0.484 e. The van der Waals surface area contributed by atoms with Gasteiger partial charge in [-0.25, -0.2) is 4.39 Å². The number of carbonyl (C=O) groups excluding carboxylic acids is 2. The van der Waals surface area contributed by atoms with Gasteiger partial charge in [-0.05, 0) is 50.6 Å². The summed E-state index contributed by atoms with van der Waals surface area (Å²) in [6.45, 7) is 5.21. The van der Waals surface area contributed by atoms with Crippen molar-refractivity contribution in [1.82, 2.24) is 10.2 Å². The van der Waals surface area contributed by atoms with Crippen LogP contribution < -0.4 is 10.1 Å². The summed E-state index contributed by atoms with van der Waals surface area (Å²) in [5.74, 6) is -0.576. The summed E-state index contributed by atoms with van der Waals surface area (Å²) in [5, 5.41) is 2.87. The summed E-state index contributed by atoms with van der Waals surface area (Å²) in [5.41, 5.74) is 0.340. The van der Waals surface area contributed by atoms with E-state index in [1.54, 1.807) is 49.4 Å². The Bertz CT molecular complexity index is 829. The van der Waals surface area contributed by atoms with Gasteiger partial charge in [0.15, 0.2) is 6.61 Å². The molecule has 0 heterocycles. The summed E-state index contributed by atoms with van der Waals surface area (Å²) < 4.78 is 20.6. The van der Waals surface area contributed by atoms with E-state index >= 15 is 0 Å². The fourth-order valence-electron chi connectivity index (χ4n) is 2.62. The van der Waals surface area contributed by atoms with Crippen LogP contribution in [-0.2, 0) is 16.1 Å². The molecule has 0 bridgehead atoms. The van der Waals surface area contributed by atoms with Crippen LogP contribution in [0.2, 0.25) is 0 Å². The van der Waals surface area contributed by atoms with E-state index in [0.29, 0.717) is 11.3 Å². The first kappa shape index (κ1) is 22.9. The zero-order valence-corrected chi connectivity index (χ0v) is 18.4. The summed E-state index contributed by atoms with van der Waals surface area (Å²) in [6.07, 6.45) is 0.770. The zero-order valence-electron chi connectivity index (χ0n) is 16.8. The third-order valence-electron chi connectivity index (χ3n) is 4.64. The van der Waals surface area contributed by atoms with E-state index in [4.69, 9.17) is 4.74 Å². The fourth-order valence-corrected chi connectivity index (χ4v) is 2.88. The Hall–Kier alpha value is -2.41. The molecule has 7 heteroatoms. The highest BCUT2D eigenvalue weighted by Crippen LogP contribution is 2.17. The number of nitrogens with zero attached hydrogens (tertiary/aromatic N) is 1. The standard InChI is InChI=1S/C22H26BrFN2O3/c1-4-15(2)25-22(28)16(3)26(13-17-7-5-6-8-20(17)24)21(27)14-29-19-11-9-18(23)10-12-19/h5-12,15-16H,4,13-14H2,1-3H3,(H,25,28)/t15-,16-/m1/s1. The van der Waals surface area contributed by atoms with E-state index in [0.717, 1.165) is 10.9 Å². The van der Waals surface area contributed by atoms with Crippen LogP contribution in [0, 0.1) is 5.82 Å². The van der Waals surface area contributed by atoms with Crippen LogP contribution in [-0.4, -0.2) is 35.4 Å². The molecule has 2 aromatic carbocycles. The molecule has 29 heavy (non-hydrogen) atoms. The summed E-state index contributed by atoms with van der Waals surface area (Å²) in [6, 6.07) is 12.5. The summed E-state index contributed by atoms with van der Waals surface area (Å²) >= 11 is 3.34. The number of hydrogen-bond acceptors (Lipinski definition) is 3. The lowest BCUT2D eigenvalue weighted by Gasteiger charge is -2.29. The van der Waals surface area contributed by atoms with Gasteiger partial charge in [-0.2, -0.15) is 0 Å². The molecule has 156 valence electrons. The minimum absolute atomic E-state index is 0.0191. The van der Waals surface area contributed by atoms with Crippen molar-refractivity contribution in [2.45, 2.75) is 45.8 Å². The monoisotopic (exact) mass is 464 g/mol. The highest BCUT2D eigenvalue weighted by molar-refractivity contribution is 9.10. The van der Waals surface area contributed by atoms with Crippen molar-refractivity contribution in [2.75, 3.05) is 6.61 Å². The van der Waals surface area contributed by atoms with Crippen molar-refractivity contribution >= 4 is 27.7 Å². The van der Waals surface area contributed by atoms with Crippen molar-refractivity contribution < 1.29 is 18.7 Å². The number of nitrogens with one attached hydrogen (secondary N) is 1. The average molecular weight is 465 g/mol. The molecule has 1 N–H and O–H groups in total. The molecule has 2 amide bonds. The predicted molar refractivity (Wildman–Crippen MR) is 114 cm³/mol. The Balaban J connectivity index is 2.15. The highest BCUT2D eigenvalue weighted by atomic mass is 79.9. The van der Waals surface area contributed by atoms with Gasteiger partial charge >= 0.3 is 0 Å². The molecule has 0 aliphatic carbocycles. The number of carbonyl (C=O) groups is 2. The molecule has 5 nitrogen and oxygen atoms in total. The maximum absolute atomic E-state index is 14.2. The second-order valence-electron chi connectivity index (χ2n) is 6.85. The second-order valence-corrected chi connectivity index (χ2v) is 7.77. The Morgan fingerprint density at radius 1 is 1.14 bits per heavy atom. The maximum Gasteiger partial charge on any atom is 0.261 e. The van der Waals surface area contributed by atoms with Gasteiger partial charge in [-0.3, -0.25) is 9.59 Å². The van der Waals surface area contributed by atoms with Crippen LogP contribution in [0.15, 0.2) is 53.0 Å². The third-order valence-corrected chi connectivity index (χ3v) is 5.17. The van der Waals surface area contributed by atoms with Gasteiger partial charge in [0.05, 0.1) is 0 Å². The van der Waals surface area contributed by atoms with E-state index < -0.39 is 17.8 Å². The molecule has 0 radical (unpaired) electrons. The van der Waals surface area contributed by atoms with Crippen molar-refractivity contribution in [3.8, 4) is 5.75 Å². The molecule has 0 aliphatic heterocycles. The molecule has 0 spiro atoms. The Labute approximate surface area is 179 Å². The number of hydrogen-bond donors (Lipinski definition) is 1. The Kier molecular flexibility index (Phi) is 8.64. The number of rotatable bonds is 9. The van der Waals surface area contributed by atoms with Crippen molar-refractivity contribution in [2.24, 2.45) is 0 Å². The molecule has 0 unspecified atom stereocenters. The first-order valence-corrected chi connectivity index (χ1v) is 10.3. The summed E-state index contributed by atoms with van der Waals surface area (Å²) in [7, 11) is 0. The molecule has 0 saturated heterocycles. The van der Waals surface area contributed by atoms with E-state index in [2.05, 4.69) is 21.2 Å². The van der Waals surface area contributed by atoms with Gasteiger partial charge in [0.2, 0.25) is 5.91 Å². The molecule has 2 aromatic rings. The third kappa shape index (κ3) is 6.85. The topological polar surface area (TPSA) is 58.6 Å². The van der Waals surface area contributed by atoms with Crippen molar-refractivity contribution in [3.05, 3.63) is 64.4 Å². The normalized spacial score (nSPS) is 12.7. The van der Waals surface area contributed by atoms with Crippen LogP contribution in [0.5, 0.6) is 5.75 Å². The van der Waals surface area contributed by atoms with Crippen LogP contribution in [0.3, 0.4) is 0 Å². The summed E-state index contributed by atoms with van der Waals surface area (Å²) in [4.78, 5) is 26.8. The fraction of sp³-hybridized carbons (Fsp3) is 0.364. The first-order valence-electron chi connectivity index (χ1n) is 9.53. The number of ether oxygens (including phenoxy) is 1. The molecule has 0 saturated carbocycles. The largest absolute Gasteiger partial charge is 0.484 e. The highest BCUT2D eigenvalue weighted by Gasteiger charge is 2.27. The second kappa shape index (κ2) is 11.0. The lowest BCUT2D eigenvalue weighted by molar-refractivity contribution is -0.142. The number of halogens is 2. The van der Waals surface area contributed by atoms with Gasteiger partial charge in [0, 0.05) is 22.6 Å². The molecule has 0 aliphatic rings. The van der Waals surface area contributed by atoms with Crippen molar-refractivity contribution in [3.63, 3.8) is 0 Å². The molecule has 2 atom stereocenters. The maximum atomic E-state index is 14.2. The molecule has 2 rings (SSSR count). The molecular weight excluding hydrogens is 439 g/mol. The van der Waals surface area contributed by atoms with Gasteiger partial charge in [0.1, 0.15) is 17.6 Å². The lowest BCUT2D eigenvalue weighted by atomic mass is 10.1. The van der Waals surface area contributed by atoms with E-state index in [1.165, 1.54) is 11.0 Å². The van der Waals surface area contributed by atoms with Crippen molar-refractivity contribution in [1.29, 1.82) is 0 Å². The van der Waals surface area contributed by atoms with Gasteiger partial charge in [-0.15, -0.1) is 0 Å². The van der Waals surface area contributed by atoms with Crippen LogP contribution >= 0.6 is 15.9 Å². The van der Waals surface area contributed by atoms with Gasteiger partial charge in [-0.1, -0.05) is 41.1 Å². The Morgan fingerprint density at radius 3 is 2.41 bits per heavy atom. The van der Waals surface area contributed by atoms with E-state index in [1.807, 2.05) is 13.8 Å². The van der Waals surface area contributed by atoms with Crippen LogP contribution in [0.25, 0.3) is 0 Å². The Morgan fingerprint density at radius 2 is 1.79 bits per heavy atom. The van der Waals surface area contributed by atoms with Crippen LogP contribution in [0.4, 0.5) is 4.39 Å². The molecular formula is C22H26BrFN2O3. The average Bonchev–Trinajstić information content (AvgIpc) is 2.71. The minimum atomic E-state index is -0.773. The predicted octanol–water partition coefficient (Wildman–Crippen LogP) is 4.30. The zero-order chi connectivity index (χ0) is 21.4. The van der Waals surface area contributed by atoms with Crippen LogP contribution in [0.1, 0.15) is 32.8 Å². The quantitative estimate of drug-likeness (QED) is 0.601. The van der Waals surface area contributed by atoms with Gasteiger partial charge in [0.25, 0.3) is 5.91 Å². The van der Waals surface area contributed by atoms with E-state index in [9.17, 15) is 14.0 Å². The van der Waals surface area contributed by atoms with Gasteiger partial charge < -0.3 is 15.0 Å². The number of benzene rings is 2. The van der Waals surface area contributed by atoms with E-state index in [-0.39, 0.29) is 25.1 Å². The smallest absolute Gasteiger partial charge is 0.261 e. The molecule has 0 aromatic heterocycles. The molecule has 0 fully saturated rings. The lowest BCUT2D eigenvalue weighted by Crippen LogP contribution is -2.50. The number of amides is 2. The SMILES string of the molecule is CC[C@@H](C)NC(=O)[C@@H](C)N(Cc1ccccc1F)C(=O)COc1ccc(Br)cc1.